The molecule has 0 bridgehead atoms. The second-order valence-corrected chi connectivity index (χ2v) is 10.4. The molecule has 1 aliphatic heterocycles. The zero-order valence-electron chi connectivity index (χ0n) is 18.5. The van der Waals surface area contributed by atoms with E-state index in [4.69, 9.17) is 19.3 Å². The molecule has 0 amide bonds. The second kappa shape index (κ2) is 10.3. The van der Waals surface area contributed by atoms with E-state index in [0.29, 0.717) is 17.8 Å². The first kappa shape index (κ1) is 25.2. The Hall–Kier alpha value is -1.39. The predicted molar refractivity (Wildman–Crippen MR) is 111 cm³/mol. The first-order chi connectivity index (χ1) is 15.0. The minimum atomic E-state index is -4.75. The van der Waals surface area contributed by atoms with Crippen LogP contribution in [0.1, 0.15) is 56.6 Å². The Balaban J connectivity index is 1.70. The smallest absolute Gasteiger partial charge is 0.458 e. The summed E-state index contributed by atoms with van der Waals surface area (Å²) in [5.41, 5.74) is 0.272. The molecule has 1 saturated heterocycles. The molecule has 7 atom stereocenters. The number of ether oxygens (including phenoxy) is 2. The van der Waals surface area contributed by atoms with E-state index in [-0.39, 0.29) is 11.7 Å². The summed E-state index contributed by atoms with van der Waals surface area (Å²) in [6, 6.07) is 3.20. The van der Waals surface area contributed by atoms with Crippen LogP contribution in [-0.4, -0.2) is 57.0 Å². The molecule has 1 aromatic rings. The van der Waals surface area contributed by atoms with Gasteiger partial charge in [0, 0.05) is 6.07 Å². The van der Waals surface area contributed by atoms with Gasteiger partial charge in [-0.15, -0.1) is 0 Å². The number of aliphatic hydroxyl groups is 2. The molecule has 10 nitrogen and oxygen atoms in total. The van der Waals surface area contributed by atoms with Gasteiger partial charge in [-0.2, -0.15) is 4.57 Å². The molecule has 2 fully saturated rings. The molecule has 2 heterocycles. The molecule has 0 spiro atoms. The van der Waals surface area contributed by atoms with Gasteiger partial charge in [0.1, 0.15) is 23.9 Å². The number of esters is 1. The fourth-order valence-electron chi connectivity index (χ4n) is 4.51. The van der Waals surface area contributed by atoms with E-state index in [0.717, 1.165) is 19.3 Å². The summed E-state index contributed by atoms with van der Waals surface area (Å²) >= 11 is 0. The highest BCUT2D eigenvalue weighted by Crippen LogP contribution is 2.38. The molecule has 3 rings (SSSR count). The van der Waals surface area contributed by atoms with Gasteiger partial charge in [0.05, 0.1) is 6.61 Å². The van der Waals surface area contributed by atoms with Crippen LogP contribution < -0.4 is 4.57 Å². The summed E-state index contributed by atoms with van der Waals surface area (Å²) in [7, 11) is -4.75. The number of rotatable bonds is 7. The topological polar surface area (TPSA) is 147 Å². The van der Waals surface area contributed by atoms with Crippen molar-refractivity contribution in [3.05, 3.63) is 30.1 Å². The summed E-state index contributed by atoms with van der Waals surface area (Å²) < 4.78 is 28.2. The number of carbonyl (C=O) groups is 1. The van der Waals surface area contributed by atoms with E-state index < -0.39 is 44.9 Å². The molecule has 180 valence electrons. The van der Waals surface area contributed by atoms with E-state index in [1.54, 1.807) is 18.3 Å². The average Bonchev–Trinajstić information content (AvgIpc) is 3.00. The number of aromatic nitrogens is 1. The van der Waals surface area contributed by atoms with Crippen LogP contribution in [0.25, 0.3) is 0 Å². The summed E-state index contributed by atoms with van der Waals surface area (Å²) in [6.07, 6.45) is 0.782. The van der Waals surface area contributed by atoms with Gasteiger partial charge in [0.15, 0.2) is 18.5 Å². The predicted octanol–water partition coefficient (Wildman–Crippen LogP) is 1.32. The summed E-state index contributed by atoms with van der Waals surface area (Å²) in [5, 5.41) is 20.5. The molecule has 1 aromatic heterocycles. The van der Waals surface area contributed by atoms with Gasteiger partial charge >= 0.3 is 13.8 Å². The third-order valence-corrected chi connectivity index (χ3v) is 6.80. The van der Waals surface area contributed by atoms with Crippen molar-refractivity contribution in [3.8, 4) is 0 Å². The van der Waals surface area contributed by atoms with Gasteiger partial charge in [-0.25, -0.2) is 9.36 Å². The lowest BCUT2D eigenvalue weighted by atomic mass is 9.75. The van der Waals surface area contributed by atoms with Gasteiger partial charge in [-0.05, 0) is 36.7 Å². The Labute approximate surface area is 187 Å². The average molecular weight is 474 g/mol. The summed E-state index contributed by atoms with van der Waals surface area (Å²) in [4.78, 5) is 30.6. The van der Waals surface area contributed by atoms with Crippen LogP contribution >= 0.6 is 7.82 Å². The van der Waals surface area contributed by atoms with Crippen LogP contribution in [0.2, 0.25) is 0 Å². The molecule has 0 aromatic carbocycles. The fourth-order valence-corrected chi connectivity index (χ4v) is 4.85. The number of pyridine rings is 1. The highest BCUT2D eigenvalue weighted by molar-refractivity contribution is 7.46. The molecular formula is C21H33NO9P+. The maximum absolute atomic E-state index is 12.9. The molecule has 3 unspecified atom stereocenters. The largest absolute Gasteiger partial charge is 0.469 e. The fraction of sp³-hybridized carbons (Fsp3) is 0.714. The monoisotopic (exact) mass is 474 g/mol. The van der Waals surface area contributed by atoms with E-state index in [1.807, 2.05) is 0 Å². The van der Waals surface area contributed by atoms with Gasteiger partial charge in [0.25, 0.3) is 6.23 Å². The lowest BCUT2D eigenvalue weighted by Gasteiger charge is -2.36. The molecule has 32 heavy (non-hydrogen) atoms. The van der Waals surface area contributed by atoms with E-state index in [9.17, 15) is 19.6 Å². The lowest BCUT2D eigenvalue weighted by Crippen LogP contribution is -2.46. The normalized spacial score (nSPS) is 33.4. The van der Waals surface area contributed by atoms with Crippen molar-refractivity contribution in [1.29, 1.82) is 0 Å². The van der Waals surface area contributed by atoms with E-state index >= 15 is 0 Å². The van der Waals surface area contributed by atoms with E-state index in [2.05, 4.69) is 25.3 Å². The highest BCUT2D eigenvalue weighted by Gasteiger charge is 2.49. The quantitative estimate of drug-likeness (QED) is 0.261. The van der Waals surface area contributed by atoms with E-state index in [1.165, 1.54) is 10.8 Å². The number of nitrogens with zero attached hydrogens (tertiary/aromatic N) is 1. The first-order valence-electron chi connectivity index (χ1n) is 10.9. The maximum atomic E-state index is 12.9. The summed E-state index contributed by atoms with van der Waals surface area (Å²) in [5.74, 6) is 0.714. The zero-order chi connectivity index (χ0) is 23.6. The molecule has 4 N–H and O–H groups in total. The molecular weight excluding hydrogens is 441 g/mol. The van der Waals surface area contributed by atoms with Crippen LogP contribution in [0.5, 0.6) is 0 Å². The third kappa shape index (κ3) is 6.14. The first-order valence-corrected chi connectivity index (χ1v) is 12.4. The van der Waals surface area contributed by atoms with Gasteiger partial charge < -0.3 is 29.5 Å². The van der Waals surface area contributed by atoms with Gasteiger partial charge in [-0.3, -0.25) is 4.52 Å². The Morgan fingerprint density at radius 1 is 1.28 bits per heavy atom. The minimum absolute atomic E-state index is 0.163. The number of phosphoric ester groups is 1. The Kier molecular flexibility index (Phi) is 8.09. The van der Waals surface area contributed by atoms with Crippen molar-refractivity contribution in [2.75, 3.05) is 6.61 Å². The number of phosphoric acid groups is 1. The summed E-state index contributed by atoms with van der Waals surface area (Å²) in [6.45, 7) is 5.83. The SMILES string of the molecule is CC1CCC(C(C)C)C(OC(=O)c2ccc[n+]([C@@H]3O[C@H](COP(=O)(O)O)[C@@H](O)[C@H]3O)c2)C1. The second-order valence-electron chi connectivity index (χ2n) is 9.14. The molecule has 1 saturated carbocycles. The maximum Gasteiger partial charge on any atom is 0.469 e. The van der Waals surface area contributed by atoms with Crippen LogP contribution in [0, 0.1) is 17.8 Å². The van der Waals surface area contributed by atoms with Gasteiger partial charge in [-0.1, -0.05) is 27.2 Å². The highest BCUT2D eigenvalue weighted by atomic mass is 31.2. The zero-order valence-corrected chi connectivity index (χ0v) is 19.4. The van der Waals surface area contributed by atoms with Crippen molar-refractivity contribution < 1.29 is 47.9 Å². The Bertz CT molecular complexity index is 844. The van der Waals surface area contributed by atoms with Crippen LogP contribution in [0.3, 0.4) is 0 Å². The number of hydrogen-bond donors (Lipinski definition) is 4. The van der Waals surface area contributed by atoms with Gasteiger partial charge in [0.2, 0.25) is 0 Å². The van der Waals surface area contributed by atoms with Crippen molar-refractivity contribution in [3.63, 3.8) is 0 Å². The molecule has 1 aliphatic carbocycles. The minimum Gasteiger partial charge on any atom is -0.458 e. The standard InChI is InChI=1S/C21H32NO9P/c1-12(2)15-7-6-13(3)9-16(15)31-21(25)14-5-4-8-22(10-14)20-19(24)18(23)17(30-20)11-29-32(26,27)28/h4-5,8,10,12-13,15-20,23-24H,6-7,9,11H2,1-3H3,(H-,26,27,28)/p+1/t13?,15?,16?,17-,18-,19-,20-/m1/s1. The third-order valence-electron chi connectivity index (χ3n) is 6.32. The Morgan fingerprint density at radius 3 is 2.66 bits per heavy atom. The number of hydrogen-bond acceptors (Lipinski definition) is 7. The lowest BCUT2D eigenvalue weighted by molar-refractivity contribution is -0.765. The van der Waals surface area contributed by atoms with Crippen molar-refractivity contribution in [1.82, 2.24) is 0 Å². The number of carbonyl (C=O) groups excluding carboxylic acids is 1. The number of aliphatic hydroxyl groups excluding tert-OH is 2. The Morgan fingerprint density at radius 2 is 2.00 bits per heavy atom. The van der Waals surface area contributed by atoms with Crippen LogP contribution in [0.4, 0.5) is 0 Å². The molecule has 2 aliphatic rings. The van der Waals surface area contributed by atoms with Crippen molar-refractivity contribution in [2.24, 2.45) is 17.8 Å². The van der Waals surface area contributed by atoms with Crippen molar-refractivity contribution >= 4 is 13.8 Å². The molecule has 0 radical (unpaired) electrons. The van der Waals surface area contributed by atoms with Crippen LogP contribution in [-0.2, 0) is 18.6 Å². The van der Waals surface area contributed by atoms with Crippen molar-refractivity contribution in [2.45, 2.75) is 70.7 Å². The molecule has 11 heteroatoms. The van der Waals surface area contributed by atoms with Crippen LogP contribution in [0.15, 0.2) is 24.5 Å².